The summed E-state index contributed by atoms with van der Waals surface area (Å²) in [5.41, 5.74) is 0.968. The van der Waals surface area contributed by atoms with Gasteiger partial charge < -0.3 is 15.0 Å². The van der Waals surface area contributed by atoms with Gasteiger partial charge in [0, 0.05) is 25.7 Å². The summed E-state index contributed by atoms with van der Waals surface area (Å²) in [6.07, 6.45) is 0. The molecule has 1 aliphatic heterocycles. The Morgan fingerprint density at radius 2 is 2.19 bits per heavy atom. The summed E-state index contributed by atoms with van der Waals surface area (Å²) in [5.74, 6) is 0.675. The highest BCUT2D eigenvalue weighted by atomic mass is 16.5. The summed E-state index contributed by atoms with van der Waals surface area (Å²) in [5, 5.41) is 5.63. The molecule has 1 fully saturated rings. The number of hydrogen-bond acceptors (Lipinski definition) is 4. The molecule has 1 aromatic rings. The van der Waals surface area contributed by atoms with Gasteiger partial charge in [0.05, 0.1) is 13.2 Å². The molecule has 1 heterocycles. The number of carbonyl (C=O) groups excluding carboxylic acids is 2. The molecule has 114 valence electrons. The lowest BCUT2D eigenvalue weighted by Gasteiger charge is -2.28. The van der Waals surface area contributed by atoms with Crippen LogP contribution in [0, 0.1) is 0 Å². The number of piperazine rings is 1. The van der Waals surface area contributed by atoms with Crippen molar-refractivity contribution >= 4 is 11.8 Å². The van der Waals surface area contributed by atoms with E-state index in [9.17, 15) is 9.59 Å². The largest absolute Gasteiger partial charge is 0.494 e. The van der Waals surface area contributed by atoms with Crippen LogP contribution in [0.3, 0.4) is 0 Å². The third-order valence-corrected chi connectivity index (χ3v) is 3.37. The molecule has 6 heteroatoms. The van der Waals surface area contributed by atoms with Gasteiger partial charge in [-0.1, -0.05) is 18.2 Å². The Hall–Kier alpha value is -2.08. The van der Waals surface area contributed by atoms with E-state index in [1.54, 1.807) is 11.9 Å². The number of nitrogens with one attached hydrogen (secondary N) is 2. The molecule has 2 N–H and O–H groups in total. The van der Waals surface area contributed by atoms with Gasteiger partial charge in [0.25, 0.3) is 0 Å². The fraction of sp³-hybridized carbons (Fsp3) is 0.467. The second-order valence-corrected chi connectivity index (χ2v) is 4.97. The first-order valence-electron chi connectivity index (χ1n) is 7.07. The molecule has 1 saturated heterocycles. The Morgan fingerprint density at radius 3 is 2.86 bits per heavy atom. The fourth-order valence-electron chi connectivity index (χ4n) is 2.27. The van der Waals surface area contributed by atoms with Crippen molar-refractivity contribution in [2.24, 2.45) is 0 Å². The van der Waals surface area contributed by atoms with Crippen molar-refractivity contribution in [3.05, 3.63) is 29.8 Å². The Bertz CT molecular complexity index is 509. The maximum atomic E-state index is 12.3. The molecule has 0 aromatic heterocycles. The van der Waals surface area contributed by atoms with Crippen LogP contribution >= 0.6 is 0 Å². The number of rotatable bonds is 5. The Morgan fingerprint density at radius 1 is 1.43 bits per heavy atom. The first-order valence-corrected chi connectivity index (χ1v) is 7.07. The van der Waals surface area contributed by atoms with Crippen LogP contribution in [0.5, 0.6) is 5.75 Å². The van der Waals surface area contributed by atoms with Crippen molar-refractivity contribution in [3.63, 3.8) is 0 Å². The van der Waals surface area contributed by atoms with E-state index in [1.807, 2.05) is 31.2 Å². The maximum Gasteiger partial charge on any atom is 0.241 e. The molecule has 2 amide bonds. The van der Waals surface area contributed by atoms with Crippen LogP contribution in [0.25, 0.3) is 0 Å². The Labute approximate surface area is 124 Å². The molecule has 6 nitrogen and oxygen atoms in total. The van der Waals surface area contributed by atoms with E-state index in [2.05, 4.69) is 10.6 Å². The SMILES string of the molecule is CCOc1ccccc1CN(C)C(=O)C1CNC(=O)CN1. The summed E-state index contributed by atoms with van der Waals surface area (Å²) in [6.45, 7) is 3.50. The van der Waals surface area contributed by atoms with Gasteiger partial charge in [-0.15, -0.1) is 0 Å². The molecule has 1 aliphatic rings. The standard InChI is InChI=1S/C15H21N3O3/c1-3-21-13-7-5-4-6-11(13)10-18(2)15(20)12-8-17-14(19)9-16-12/h4-7,12,16H,3,8-10H2,1-2H3,(H,17,19). The summed E-state index contributed by atoms with van der Waals surface area (Å²) >= 11 is 0. The van der Waals surface area contributed by atoms with Crippen LogP contribution in [-0.2, 0) is 16.1 Å². The highest BCUT2D eigenvalue weighted by Crippen LogP contribution is 2.19. The predicted molar refractivity (Wildman–Crippen MR) is 78.9 cm³/mol. The fourth-order valence-corrected chi connectivity index (χ4v) is 2.27. The molecule has 1 atom stereocenters. The summed E-state index contributed by atoms with van der Waals surface area (Å²) in [4.78, 5) is 25.1. The second-order valence-electron chi connectivity index (χ2n) is 4.97. The maximum absolute atomic E-state index is 12.3. The average molecular weight is 291 g/mol. The van der Waals surface area contributed by atoms with Gasteiger partial charge in [-0.3, -0.25) is 14.9 Å². The van der Waals surface area contributed by atoms with Crippen molar-refractivity contribution in [2.45, 2.75) is 19.5 Å². The van der Waals surface area contributed by atoms with Gasteiger partial charge >= 0.3 is 0 Å². The Balaban J connectivity index is 1.99. The van der Waals surface area contributed by atoms with E-state index in [1.165, 1.54) is 0 Å². The highest BCUT2D eigenvalue weighted by molar-refractivity contribution is 5.86. The molecular weight excluding hydrogens is 270 g/mol. The smallest absolute Gasteiger partial charge is 0.241 e. The third kappa shape index (κ3) is 3.95. The number of para-hydroxylation sites is 1. The lowest BCUT2D eigenvalue weighted by Crippen LogP contribution is -2.58. The van der Waals surface area contributed by atoms with Crippen LogP contribution in [-0.4, -0.2) is 49.5 Å². The van der Waals surface area contributed by atoms with E-state index >= 15 is 0 Å². The van der Waals surface area contributed by atoms with Gasteiger partial charge in [0.15, 0.2) is 0 Å². The number of nitrogens with zero attached hydrogens (tertiary/aromatic N) is 1. The van der Waals surface area contributed by atoms with E-state index < -0.39 is 0 Å². The van der Waals surface area contributed by atoms with Crippen molar-refractivity contribution < 1.29 is 14.3 Å². The molecule has 1 aromatic carbocycles. The minimum atomic E-state index is -0.369. The predicted octanol–water partition coefficient (Wildman–Crippen LogP) is 0.132. The van der Waals surface area contributed by atoms with Gasteiger partial charge in [0.2, 0.25) is 11.8 Å². The molecule has 0 aliphatic carbocycles. The topological polar surface area (TPSA) is 70.7 Å². The highest BCUT2D eigenvalue weighted by Gasteiger charge is 2.26. The lowest BCUT2D eigenvalue weighted by atomic mass is 10.1. The quantitative estimate of drug-likeness (QED) is 0.809. The third-order valence-electron chi connectivity index (χ3n) is 3.37. The molecule has 0 bridgehead atoms. The first kappa shape index (κ1) is 15.3. The molecule has 0 spiro atoms. The van der Waals surface area contributed by atoms with Crippen LogP contribution in [0.1, 0.15) is 12.5 Å². The minimum absolute atomic E-state index is 0.0405. The number of benzene rings is 1. The monoisotopic (exact) mass is 291 g/mol. The number of carbonyl (C=O) groups is 2. The van der Waals surface area contributed by atoms with Crippen LogP contribution in [0.15, 0.2) is 24.3 Å². The van der Waals surface area contributed by atoms with Crippen molar-refractivity contribution in [1.82, 2.24) is 15.5 Å². The lowest BCUT2D eigenvalue weighted by molar-refractivity contribution is -0.134. The number of likely N-dealkylation sites (N-methyl/N-ethyl adjacent to an activating group) is 1. The minimum Gasteiger partial charge on any atom is -0.494 e. The zero-order chi connectivity index (χ0) is 15.2. The van der Waals surface area contributed by atoms with Gasteiger partial charge in [-0.2, -0.15) is 0 Å². The molecule has 0 radical (unpaired) electrons. The molecule has 2 rings (SSSR count). The zero-order valence-electron chi connectivity index (χ0n) is 12.4. The van der Waals surface area contributed by atoms with Crippen molar-refractivity contribution in [1.29, 1.82) is 0 Å². The summed E-state index contributed by atoms with van der Waals surface area (Å²) in [6, 6.07) is 7.32. The normalized spacial score (nSPS) is 18.0. The number of ether oxygens (including phenoxy) is 1. The molecule has 1 unspecified atom stereocenters. The van der Waals surface area contributed by atoms with Gasteiger partial charge in [-0.25, -0.2) is 0 Å². The average Bonchev–Trinajstić information content (AvgIpc) is 2.49. The van der Waals surface area contributed by atoms with Crippen LogP contribution in [0.2, 0.25) is 0 Å². The van der Waals surface area contributed by atoms with Crippen molar-refractivity contribution in [3.8, 4) is 5.75 Å². The van der Waals surface area contributed by atoms with E-state index in [4.69, 9.17) is 4.74 Å². The van der Waals surface area contributed by atoms with Crippen LogP contribution in [0.4, 0.5) is 0 Å². The number of amides is 2. The van der Waals surface area contributed by atoms with E-state index in [0.29, 0.717) is 19.7 Å². The van der Waals surface area contributed by atoms with Crippen molar-refractivity contribution in [2.75, 3.05) is 26.7 Å². The molecular formula is C15H21N3O3. The summed E-state index contributed by atoms with van der Waals surface area (Å²) < 4.78 is 5.57. The van der Waals surface area contributed by atoms with E-state index in [0.717, 1.165) is 11.3 Å². The first-order chi connectivity index (χ1) is 10.1. The zero-order valence-corrected chi connectivity index (χ0v) is 12.4. The second kappa shape index (κ2) is 7.08. The van der Waals surface area contributed by atoms with E-state index in [-0.39, 0.29) is 24.4 Å². The Kier molecular flexibility index (Phi) is 5.16. The number of hydrogen-bond donors (Lipinski definition) is 2. The molecule has 0 saturated carbocycles. The van der Waals surface area contributed by atoms with Crippen LogP contribution < -0.4 is 15.4 Å². The summed E-state index contributed by atoms with van der Waals surface area (Å²) in [7, 11) is 1.75. The molecule has 21 heavy (non-hydrogen) atoms. The van der Waals surface area contributed by atoms with Gasteiger partial charge in [0.1, 0.15) is 11.8 Å². The van der Waals surface area contributed by atoms with Gasteiger partial charge in [-0.05, 0) is 13.0 Å².